The van der Waals surface area contributed by atoms with Crippen molar-refractivity contribution in [3.05, 3.63) is 11.1 Å². The third kappa shape index (κ3) is 13.8. The Morgan fingerprint density at radius 1 is 0.735 bits per heavy atom. The van der Waals surface area contributed by atoms with E-state index in [1.54, 1.807) is 41.5 Å². The van der Waals surface area contributed by atoms with Crippen molar-refractivity contribution >= 4 is 34.5 Å². The van der Waals surface area contributed by atoms with Crippen LogP contribution in [-0.2, 0) is 27.9 Å². The maximum Gasteiger partial charge on any atom is 0.407 e. The molecular formula is C38H75NO8Si2. The number of amides is 1. The predicted molar refractivity (Wildman–Crippen MR) is 206 cm³/mol. The minimum absolute atomic E-state index is 0.140. The van der Waals surface area contributed by atoms with Gasteiger partial charge in [-0.1, -0.05) is 76.2 Å². The van der Waals surface area contributed by atoms with Crippen molar-refractivity contribution in [3.8, 4) is 0 Å². The summed E-state index contributed by atoms with van der Waals surface area (Å²) >= 11 is 0. The van der Waals surface area contributed by atoms with E-state index in [4.69, 9.17) is 18.3 Å². The molecule has 49 heavy (non-hydrogen) atoms. The van der Waals surface area contributed by atoms with Crippen molar-refractivity contribution in [1.29, 1.82) is 0 Å². The van der Waals surface area contributed by atoms with E-state index in [0.717, 1.165) is 36.3 Å². The number of Topliss-reactive ketones (excluding diaryl/α,β-unsaturated/α-hetero) is 1. The normalized spacial score (nSPS) is 16.7. The van der Waals surface area contributed by atoms with E-state index in [2.05, 4.69) is 46.9 Å². The first kappa shape index (κ1) is 47.5. The number of ether oxygens (including phenoxy) is 2. The van der Waals surface area contributed by atoms with Gasteiger partial charge in [0.15, 0.2) is 28.5 Å². The highest BCUT2D eigenvalue weighted by atomic mass is 28.4. The number of ketones is 1. The average Bonchev–Trinajstić information content (AvgIpc) is 3.03. The van der Waals surface area contributed by atoms with Crippen molar-refractivity contribution in [3.63, 3.8) is 0 Å². The maximum atomic E-state index is 14.1. The fraction of sp³-hybridized carbons (Fsp3) is 0.868. The van der Waals surface area contributed by atoms with Gasteiger partial charge in [-0.3, -0.25) is 4.79 Å². The molecule has 0 aliphatic carbocycles. The zero-order valence-electron chi connectivity index (χ0n) is 34.4. The summed E-state index contributed by atoms with van der Waals surface area (Å²) < 4.78 is 25.2. The molecule has 288 valence electrons. The van der Waals surface area contributed by atoms with Crippen LogP contribution in [0.1, 0.15) is 131 Å². The quantitative estimate of drug-likeness (QED) is 0.0643. The van der Waals surface area contributed by atoms with Crippen LogP contribution in [0.25, 0.3) is 0 Å². The van der Waals surface area contributed by atoms with Crippen molar-refractivity contribution in [2.24, 2.45) is 11.3 Å². The first-order valence-electron chi connectivity index (χ1n) is 18.9. The Kier molecular flexibility index (Phi) is 19.8. The van der Waals surface area contributed by atoms with Crippen molar-refractivity contribution in [2.75, 3.05) is 0 Å². The SMILES string of the molecule is CCC(O[Si](CC)(CC)CC)C(C)(C)C(=O)[C@H](O)/C(C)=C(\C)[C@H](C)OC(=O)C(O[Si](CC)(CC)CC)[C@H](CC(C)C)NC(=O)OC(C)(C)C. The van der Waals surface area contributed by atoms with Crippen LogP contribution in [0.3, 0.4) is 0 Å². The number of aliphatic hydroxyl groups excluding tert-OH is 1. The number of rotatable bonds is 22. The highest BCUT2D eigenvalue weighted by Crippen LogP contribution is 2.36. The Morgan fingerprint density at radius 3 is 1.57 bits per heavy atom. The van der Waals surface area contributed by atoms with Crippen LogP contribution >= 0.6 is 0 Å². The molecule has 0 bridgehead atoms. The van der Waals surface area contributed by atoms with Crippen molar-refractivity contribution in [2.45, 2.75) is 203 Å². The molecule has 0 rings (SSSR count). The van der Waals surface area contributed by atoms with E-state index in [1.807, 2.05) is 34.6 Å². The summed E-state index contributed by atoms with van der Waals surface area (Å²) in [4.78, 5) is 41.0. The van der Waals surface area contributed by atoms with Gasteiger partial charge in [-0.2, -0.15) is 0 Å². The van der Waals surface area contributed by atoms with Crippen LogP contribution in [-0.4, -0.2) is 75.6 Å². The zero-order chi connectivity index (χ0) is 38.5. The van der Waals surface area contributed by atoms with Gasteiger partial charge in [0.25, 0.3) is 0 Å². The number of hydrogen-bond acceptors (Lipinski definition) is 8. The van der Waals surface area contributed by atoms with Crippen LogP contribution in [0.2, 0.25) is 36.3 Å². The van der Waals surface area contributed by atoms with Crippen LogP contribution in [0.15, 0.2) is 11.1 Å². The second kappa shape index (κ2) is 20.5. The van der Waals surface area contributed by atoms with Crippen LogP contribution in [0, 0.1) is 11.3 Å². The van der Waals surface area contributed by atoms with Gasteiger partial charge in [-0.05, 0) is 108 Å². The molecule has 0 radical (unpaired) electrons. The standard InChI is InChI=1S/C38H75NO8Si2/c1-18-31(46-48(19-2,20-3)21-4)38(16,17)34(41)32(40)28(11)27(10)29(12)44-35(42)33(47-49(22-5,23-6)24-7)30(25-26(8)9)39-36(43)45-37(13,14)15/h26,29-33,40H,18-25H2,1-17H3,(H,39,43)/b28-27+/t29-,30-,31?,32+,33?/m0/s1. The van der Waals surface area contributed by atoms with E-state index in [-0.39, 0.29) is 17.8 Å². The molecule has 1 amide bonds. The summed E-state index contributed by atoms with van der Waals surface area (Å²) in [5, 5.41) is 14.4. The Balaban J connectivity index is 6.55. The lowest BCUT2D eigenvalue weighted by atomic mass is 9.77. The molecule has 0 aliphatic rings. The number of hydrogen-bond donors (Lipinski definition) is 2. The molecule has 0 spiro atoms. The number of nitrogens with one attached hydrogen (secondary N) is 1. The largest absolute Gasteiger partial charge is 0.456 e. The van der Waals surface area contributed by atoms with Crippen molar-refractivity contribution in [1.82, 2.24) is 5.32 Å². The molecule has 0 heterocycles. The molecule has 0 saturated carbocycles. The Labute approximate surface area is 302 Å². The van der Waals surface area contributed by atoms with Crippen LogP contribution in [0.4, 0.5) is 4.79 Å². The molecule has 0 aromatic rings. The summed E-state index contributed by atoms with van der Waals surface area (Å²) in [7, 11) is -4.35. The molecular weight excluding hydrogens is 655 g/mol. The molecule has 0 fully saturated rings. The minimum Gasteiger partial charge on any atom is -0.456 e. The van der Waals surface area contributed by atoms with E-state index in [0.29, 0.717) is 24.0 Å². The molecule has 2 unspecified atom stereocenters. The van der Waals surface area contributed by atoms with Gasteiger partial charge in [0, 0.05) is 0 Å². The van der Waals surface area contributed by atoms with Gasteiger partial charge in [-0.25, -0.2) is 9.59 Å². The zero-order valence-corrected chi connectivity index (χ0v) is 36.4. The number of carbonyl (C=O) groups is 3. The summed E-state index contributed by atoms with van der Waals surface area (Å²) in [6, 6.07) is 4.66. The average molecular weight is 730 g/mol. The van der Waals surface area contributed by atoms with Crippen molar-refractivity contribution < 1.29 is 37.8 Å². The smallest absolute Gasteiger partial charge is 0.407 e. The topological polar surface area (TPSA) is 120 Å². The lowest BCUT2D eigenvalue weighted by Gasteiger charge is -2.41. The van der Waals surface area contributed by atoms with Gasteiger partial charge in [0.05, 0.1) is 17.6 Å². The van der Waals surface area contributed by atoms with Gasteiger partial charge < -0.3 is 28.7 Å². The number of esters is 1. The number of alkyl carbamates (subject to hydrolysis) is 1. The fourth-order valence-corrected chi connectivity index (χ4v) is 12.3. The lowest BCUT2D eigenvalue weighted by molar-refractivity contribution is -0.157. The molecule has 11 heteroatoms. The second-order valence-corrected chi connectivity index (χ2v) is 25.3. The Hall–Kier alpha value is -1.54. The molecule has 2 N–H and O–H groups in total. The molecule has 0 saturated heterocycles. The highest BCUT2D eigenvalue weighted by Gasteiger charge is 2.45. The lowest BCUT2D eigenvalue weighted by Crippen LogP contribution is -2.55. The highest BCUT2D eigenvalue weighted by molar-refractivity contribution is 6.74. The van der Waals surface area contributed by atoms with E-state index >= 15 is 0 Å². The number of aliphatic hydroxyl groups is 1. The summed E-state index contributed by atoms with van der Waals surface area (Å²) in [5.41, 5.74) is -0.615. The molecule has 0 aliphatic heterocycles. The third-order valence-corrected chi connectivity index (χ3v) is 19.9. The number of carbonyl (C=O) groups excluding carboxylic acids is 3. The van der Waals surface area contributed by atoms with Gasteiger partial charge >= 0.3 is 12.1 Å². The van der Waals surface area contributed by atoms with Crippen LogP contribution < -0.4 is 5.32 Å². The molecule has 5 atom stereocenters. The predicted octanol–water partition coefficient (Wildman–Crippen LogP) is 9.34. The van der Waals surface area contributed by atoms with E-state index < -0.39 is 64.1 Å². The third-order valence-electron chi connectivity index (χ3n) is 10.7. The monoisotopic (exact) mass is 730 g/mol. The molecule has 0 aromatic heterocycles. The second-order valence-electron chi connectivity index (χ2n) is 15.9. The first-order valence-corrected chi connectivity index (χ1v) is 24.0. The summed E-state index contributed by atoms with van der Waals surface area (Å²) in [6.45, 7) is 33.2. The molecule has 9 nitrogen and oxygen atoms in total. The maximum absolute atomic E-state index is 14.1. The molecule has 0 aromatic carbocycles. The summed E-state index contributed by atoms with van der Waals surface area (Å²) in [6.07, 6.45) is -3.00. The van der Waals surface area contributed by atoms with Gasteiger partial charge in [-0.15, -0.1) is 0 Å². The van der Waals surface area contributed by atoms with Gasteiger partial charge in [0.1, 0.15) is 17.8 Å². The van der Waals surface area contributed by atoms with Gasteiger partial charge in [0.2, 0.25) is 0 Å². The summed E-state index contributed by atoms with van der Waals surface area (Å²) in [5.74, 6) is -0.763. The first-order chi connectivity index (χ1) is 22.5. The van der Waals surface area contributed by atoms with E-state index in [1.165, 1.54) is 0 Å². The minimum atomic E-state index is -2.35. The Morgan fingerprint density at radius 2 is 1.18 bits per heavy atom. The Bertz CT molecular complexity index is 1060. The van der Waals surface area contributed by atoms with E-state index in [9.17, 15) is 19.5 Å². The fourth-order valence-electron chi connectivity index (χ4n) is 6.41. The van der Waals surface area contributed by atoms with Crippen LogP contribution in [0.5, 0.6) is 0 Å².